The Labute approximate surface area is 211 Å². The fourth-order valence-electron chi connectivity index (χ4n) is 4.40. The lowest BCUT2D eigenvalue weighted by atomic mass is 10.1. The van der Waals surface area contributed by atoms with Crippen LogP contribution in [0.1, 0.15) is 23.7 Å². The topological polar surface area (TPSA) is 88.3 Å². The van der Waals surface area contributed by atoms with E-state index in [9.17, 15) is 18.8 Å². The van der Waals surface area contributed by atoms with E-state index in [1.165, 1.54) is 36.1 Å². The number of H-pyrrole nitrogens is 1. The molecule has 0 radical (unpaired) electrons. The number of anilines is 1. The van der Waals surface area contributed by atoms with Gasteiger partial charge in [-0.25, -0.2) is 14.0 Å². The average Bonchev–Trinajstić information content (AvgIpc) is 3.35. The minimum Gasteiger partial charge on any atom is -0.497 e. The number of hydrogen-bond donors (Lipinski definition) is 1. The van der Waals surface area contributed by atoms with Crippen LogP contribution in [0.15, 0.2) is 77.9 Å². The van der Waals surface area contributed by atoms with Gasteiger partial charge >= 0.3 is 5.91 Å². The number of aryl methyl sites for hydroxylation is 2. The Hall–Kier alpha value is -4.79. The quantitative estimate of drug-likeness (QED) is 0.325. The van der Waals surface area contributed by atoms with Crippen molar-refractivity contribution in [3.05, 3.63) is 106 Å². The number of benzene rings is 2. The Morgan fingerprint density at radius 1 is 0.892 bits per heavy atom. The fraction of sp³-hybridized carbons (Fsp3) is 0.143. The third-order valence-electron chi connectivity index (χ3n) is 6.36. The molecule has 0 atom stereocenters. The number of imide groups is 1. The van der Waals surface area contributed by atoms with Crippen LogP contribution in [0.25, 0.3) is 17.0 Å². The predicted molar refractivity (Wildman–Crippen MR) is 136 cm³/mol. The number of carbonyl (C=O) groups excluding carboxylic acids is 2. The lowest BCUT2D eigenvalue weighted by Crippen LogP contribution is -2.39. The third kappa shape index (κ3) is 4.04. The van der Waals surface area contributed by atoms with E-state index in [1.54, 1.807) is 48.1 Å². The molecule has 4 aromatic rings. The van der Waals surface area contributed by atoms with E-state index in [4.69, 9.17) is 4.74 Å². The van der Waals surface area contributed by atoms with Crippen molar-refractivity contribution in [2.24, 2.45) is 0 Å². The van der Waals surface area contributed by atoms with Gasteiger partial charge in [-0.15, -0.1) is 0 Å². The zero-order valence-electron chi connectivity index (χ0n) is 20.5. The van der Waals surface area contributed by atoms with Gasteiger partial charge in [-0.3, -0.25) is 19.5 Å². The van der Waals surface area contributed by atoms with Gasteiger partial charge in [0.05, 0.1) is 24.0 Å². The number of rotatable bonds is 6. The van der Waals surface area contributed by atoms with E-state index >= 15 is 0 Å². The average molecular weight is 500 g/mol. The van der Waals surface area contributed by atoms with Gasteiger partial charge in [0.25, 0.3) is 17.2 Å². The van der Waals surface area contributed by atoms with Gasteiger partial charge in [-0.1, -0.05) is 6.92 Å². The molecule has 9 heteroatoms. The highest BCUT2D eigenvalue weighted by atomic mass is 19.1. The monoisotopic (exact) mass is 499 g/mol. The number of pyridine rings is 1. The second kappa shape index (κ2) is 9.34. The lowest BCUT2D eigenvalue weighted by Gasteiger charge is -2.14. The normalized spacial score (nSPS) is 13.6. The number of aromatic nitrogens is 3. The first-order valence-corrected chi connectivity index (χ1v) is 11.7. The van der Waals surface area contributed by atoms with Crippen molar-refractivity contribution in [3.8, 4) is 11.4 Å². The molecule has 1 N–H and O–H groups in total. The maximum atomic E-state index is 13.9. The number of nitrogens with zero attached hydrogens (tertiary/aromatic N) is 3. The van der Waals surface area contributed by atoms with Crippen LogP contribution in [0.4, 0.5) is 10.1 Å². The van der Waals surface area contributed by atoms with Crippen molar-refractivity contribution in [2.75, 3.05) is 12.0 Å². The van der Waals surface area contributed by atoms with Crippen molar-refractivity contribution in [2.45, 2.75) is 20.3 Å². The van der Waals surface area contributed by atoms with E-state index in [2.05, 4.69) is 5.10 Å². The minimum atomic E-state index is -0.623. The number of hydrogen-bond acceptors (Lipinski definition) is 4. The van der Waals surface area contributed by atoms with Crippen molar-refractivity contribution in [1.82, 2.24) is 9.78 Å². The molecule has 2 aromatic heterocycles. The van der Waals surface area contributed by atoms with Gasteiger partial charge in [-0.05, 0) is 67.4 Å². The van der Waals surface area contributed by atoms with Crippen LogP contribution >= 0.6 is 0 Å². The van der Waals surface area contributed by atoms with Gasteiger partial charge in [-0.2, -0.15) is 4.57 Å². The first kappa shape index (κ1) is 23.9. The number of halogens is 1. The van der Waals surface area contributed by atoms with Gasteiger partial charge in [0, 0.05) is 17.8 Å². The highest BCUT2D eigenvalue weighted by Gasteiger charge is 2.48. The first-order chi connectivity index (χ1) is 17.8. The van der Waals surface area contributed by atoms with Gasteiger partial charge < -0.3 is 4.74 Å². The number of methoxy groups -OCH3 is 1. The van der Waals surface area contributed by atoms with E-state index in [0.717, 1.165) is 16.9 Å². The van der Waals surface area contributed by atoms with Gasteiger partial charge in [0.2, 0.25) is 0 Å². The van der Waals surface area contributed by atoms with Crippen LogP contribution in [0.2, 0.25) is 0 Å². The molecule has 2 aromatic carbocycles. The summed E-state index contributed by atoms with van der Waals surface area (Å²) < 4.78 is 21.5. The Bertz CT molecular complexity index is 1600. The minimum absolute atomic E-state index is 0.0188. The molecular weight excluding hydrogens is 475 g/mol. The molecule has 0 unspecified atom stereocenters. The number of amides is 2. The molecule has 0 fully saturated rings. The predicted octanol–water partition coefficient (Wildman–Crippen LogP) is 3.41. The second-order valence-electron chi connectivity index (χ2n) is 8.56. The maximum Gasteiger partial charge on any atom is 0.331 e. The van der Waals surface area contributed by atoms with Crippen molar-refractivity contribution < 1.29 is 23.3 Å². The largest absolute Gasteiger partial charge is 0.497 e. The standard InChI is InChI=1S/C28H23FN4O4/c1-4-18-13-15-31(16-14-18)25-24(26(34)32(28(25)36)20-9-11-22(37-3)12-10-20)23-17(2)30-33(27(23)35)21-7-5-19(29)6-8-21/h5-16H,4H2,1-3H3/p+1. The number of nitrogens with one attached hydrogen (secondary N) is 1. The molecule has 1 aliphatic rings. The summed E-state index contributed by atoms with van der Waals surface area (Å²) in [6.45, 7) is 3.67. The lowest BCUT2D eigenvalue weighted by molar-refractivity contribution is -0.576. The van der Waals surface area contributed by atoms with E-state index < -0.39 is 23.2 Å². The number of aromatic amines is 1. The van der Waals surface area contributed by atoms with Crippen LogP contribution < -0.4 is 19.8 Å². The molecule has 0 spiro atoms. The van der Waals surface area contributed by atoms with Crippen molar-refractivity contribution in [3.63, 3.8) is 0 Å². The molecule has 0 saturated carbocycles. The molecule has 186 valence electrons. The van der Waals surface area contributed by atoms with Crippen LogP contribution in [0.5, 0.6) is 5.75 Å². The Morgan fingerprint density at radius 2 is 1.51 bits per heavy atom. The smallest absolute Gasteiger partial charge is 0.331 e. The summed E-state index contributed by atoms with van der Waals surface area (Å²) >= 11 is 0. The summed E-state index contributed by atoms with van der Waals surface area (Å²) in [5, 5.41) is 2.96. The Kier molecular flexibility index (Phi) is 6.04. The fourth-order valence-corrected chi connectivity index (χ4v) is 4.40. The van der Waals surface area contributed by atoms with E-state index in [-0.39, 0.29) is 16.8 Å². The highest BCUT2D eigenvalue weighted by Crippen LogP contribution is 2.34. The molecule has 2 amide bonds. The molecule has 37 heavy (non-hydrogen) atoms. The molecule has 1 aliphatic heterocycles. The summed E-state index contributed by atoms with van der Waals surface area (Å²) in [4.78, 5) is 42.3. The summed E-state index contributed by atoms with van der Waals surface area (Å²) in [5.41, 5.74) is 1.78. The third-order valence-corrected chi connectivity index (χ3v) is 6.36. The molecule has 5 rings (SSSR count). The zero-order chi connectivity index (χ0) is 26.3. The Balaban J connectivity index is 1.71. The highest BCUT2D eigenvalue weighted by molar-refractivity contribution is 6.53. The van der Waals surface area contributed by atoms with Crippen molar-refractivity contribution in [1.29, 1.82) is 0 Å². The van der Waals surface area contributed by atoms with E-state index in [0.29, 0.717) is 22.8 Å². The van der Waals surface area contributed by atoms with Gasteiger partial charge in [0.15, 0.2) is 12.4 Å². The molecule has 8 nitrogen and oxygen atoms in total. The summed E-state index contributed by atoms with van der Waals surface area (Å²) in [5.74, 6) is -1.05. The summed E-state index contributed by atoms with van der Waals surface area (Å²) in [6.07, 6.45) is 4.21. The zero-order valence-corrected chi connectivity index (χ0v) is 20.5. The molecule has 0 saturated heterocycles. The molecule has 0 bridgehead atoms. The van der Waals surface area contributed by atoms with Crippen molar-refractivity contribution >= 4 is 28.8 Å². The molecule has 0 aliphatic carbocycles. The van der Waals surface area contributed by atoms with Crippen LogP contribution in [-0.2, 0) is 16.0 Å². The SMILES string of the molecule is CCc1cc[n+](C2=C(c3c(C)[nH]n(-c4ccc(F)cc4)c3=O)C(=O)N(c3ccc(OC)cc3)C2=O)cc1. The maximum absolute atomic E-state index is 13.9. The number of ether oxygens (including phenoxy) is 1. The number of carbonyl (C=O) groups is 2. The van der Waals surface area contributed by atoms with Crippen LogP contribution in [-0.4, -0.2) is 28.7 Å². The second-order valence-corrected chi connectivity index (χ2v) is 8.56. The summed E-state index contributed by atoms with van der Waals surface area (Å²) in [7, 11) is 1.52. The first-order valence-electron chi connectivity index (χ1n) is 11.7. The summed E-state index contributed by atoms with van der Waals surface area (Å²) in [6, 6.07) is 15.6. The van der Waals surface area contributed by atoms with E-state index in [1.807, 2.05) is 19.1 Å². The Morgan fingerprint density at radius 3 is 2.11 bits per heavy atom. The van der Waals surface area contributed by atoms with Gasteiger partial charge in [0.1, 0.15) is 17.1 Å². The van der Waals surface area contributed by atoms with Crippen LogP contribution in [0, 0.1) is 12.7 Å². The molecule has 3 heterocycles. The molecular formula is C28H24FN4O4+. The van der Waals surface area contributed by atoms with Crippen LogP contribution in [0.3, 0.4) is 0 Å².